The summed E-state index contributed by atoms with van der Waals surface area (Å²) in [6.07, 6.45) is 9.97. The van der Waals surface area contributed by atoms with E-state index in [0.29, 0.717) is 0 Å². The maximum Gasteiger partial charge on any atom is 0.0297 e. The molecule has 0 heterocycles. The van der Waals surface area contributed by atoms with Crippen molar-refractivity contribution in [3.63, 3.8) is 0 Å². The zero-order valence-electron chi connectivity index (χ0n) is 13.5. The Kier molecular flexibility index (Phi) is 10.9. The molecule has 1 unspecified atom stereocenters. The van der Waals surface area contributed by atoms with Crippen LogP contribution in [0.3, 0.4) is 0 Å². The van der Waals surface area contributed by atoms with E-state index in [4.69, 9.17) is 5.73 Å². The molecule has 20 heavy (non-hydrogen) atoms. The SMILES string of the molecule is CCCCCCCC(N)c1cccc(CC)c1CC.Cl. The lowest BCUT2D eigenvalue weighted by molar-refractivity contribution is 0.552. The van der Waals surface area contributed by atoms with Crippen molar-refractivity contribution in [2.24, 2.45) is 5.73 Å². The summed E-state index contributed by atoms with van der Waals surface area (Å²) >= 11 is 0. The molecule has 1 rings (SSSR count). The zero-order chi connectivity index (χ0) is 14.1. The molecule has 0 amide bonds. The summed E-state index contributed by atoms with van der Waals surface area (Å²) in [5.74, 6) is 0. The molecule has 116 valence electrons. The highest BCUT2D eigenvalue weighted by Crippen LogP contribution is 2.25. The monoisotopic (exact) mass is 297 g/mol. The molecule has 0 saturated heterocycles. The van der Waals surface area contributed by atoms with Gasteiger partial charge in [0.05, 0.1) is 0 Å². The minimum absolute atomic E-state index is 0. The topological polar surface area (TPSA) is 26.0 Å². The Hall–Kier alpha value is -0.530. The molecular formula is C18H32ClN. The zero-order valence-corrected chi connectivity index (χ0v) is 14.3. The van der Waals surface area contributed by atoms with Crippen molar-refractivity contribution in [3.05, 3.63) is 34.9 Å². The molecule has 1 aromatic carbocycles. The number of nitrogens with two attached hydrogens (primary N) is 1. The van der Waals surface area contributed by atoms with E-state index in [0.717, 1.165) is 19.3 Å². The Labute approximate surface area is 131 Å². The molecule has 0 spiro atoms. The summed E-state index contributed by atoms with van der Waals surface area (Å²) < 4.78 is 0. The minimum Gasteiger partial charge on any atom is -0.324 e. The summed E-state index contributed by atoms with van der Waals surface area (Å²) in [7, 11) is 0. The molecule has 0 aliphatic rings. The van der Waals surface area contributed by atoms with Gasteiger partial charge in [0.15, 0.2) is 0 Å². The summed E-state index contributed by atoms with van der Waals surface area (Å²) in [4.78, 5) is 0. The Balaban J connectivity index is 0.00000361. The van der Waals surface area contributed by atoms with Crippen LogP contribution in [0.4, 0.5) is 0 Å². The number of hydrogen-bond acceptors (Lipinski definition) is 1. The third-order valence-corrected chi connectivity index (χ3v) is 4.06. The number of rotatable bonds is 9. The fourth-order valence-electron chi connectivity index (χ4n) is 2.89. The van der Waals surface area contributed by atoms with Gasteiger partial charge in [-0.15, -0.1) is 12.4 Å². The summed E-state index contributed by atoms with van der Waals surface area (Å²) in [6.45, 7) is 6.73. The van der Waals surface area contributed by atoms with Crippen molar-refractivity contribution in [2.75, 3.05) is 0 Å². The highest BCUT2D eigenvalue weighted by Gasteiger charge is 2.12. The fourth-order valence-corrected chi connectivity index (χ4v) is 2.89. The first-order valence-electron chi connectivity index (χ1n) is 8.10. The van der Waals surface area contributed by atoms with Crippen LogP contribution in [0.2, 0.25) is 0 Å². The number of aryl methyl sites for hydroxylation is 1. The van der Waals surface area contributed by atoms with Gasteiger partial charge in [-0.2, -0.15) is 0 Å². The van der Waals surface area contributed by atoms with Crippen molar-refractivity contribution < 1.29 is 0 Å². The number of benzene rings is 1. The van der Waals surface area contributed by atoms with Crippen LogP contribution in [0.25, 0.3) is 0 Å². The van der Waals surface area contributed by atoms with Crippen LogP contribution >= 0.6 is 12.4 Å². The molecule has 1 atom stereocenters. The average molecular weight is 298 g/mol. The van der Waals surface area contributed by atoms with Gasteiger partial charge >= 0.3 is 0 Å². The molecule has 0 radical (unpaired) electrons. The maximum atomic E-state index is 6.41. The van der Waals surface area contributed by atoms with Crippen molar-refractivity contribution in [1.29, 1.82) is 0 Å². The third kappa shape index (κ3) is 5.85. The lowest BCUT2D eigenvalue weighted by Crippen LogP contribution is -2.13. The van der Waals surface area contributed by atoms with Crippen LogP contribution in [0.5, 0.6) is 0 Å². The molecule has 0 fully saturated rings. The second kappa shape index (κ2) is 11.2. The third-order valence-electron chi connectivity index (χ3n) is 4.06. The first-order chi connectivity index (χ1) is 9.24. The first kappa shape index (κ1) is 19.5. The Morgan fingerprint density at radius 2 is 1.65 bits per heavy atom. The lowest BCUT2D eigenvalue weighted by atomic mass is 9.91. The van der Waals surface area contributed by atoms with Gasteiger partial charge in [0.1, 0.15) is 0 Å². The summed E-state index contributed by atoms with van der Waals surface area (Å²) in [5.41, 5.74) is 10.8. The Bertz CT molecular complexity index is 362. The predicted octanol–water partition coefficient (Wildman–Crippen LogP) is 5.59. The molecule has 1 aromatic rings. The van der Waals surface area contributed by atoms with Crippen LogP contribution in [-0.2, 0) is 12.8 Å². The van der Waals surface area contributed by atoms with Gasteiger partial charge in [0.2, 0.25) is 0 Å². The van der Waals surface area contributed by atoms with Gasteiger partial charge in [0, 0.05) is 6.04 Å². The number of halogens is 1. The number of unbranched alkanes of at least 4 members (excludes halogenated alkanes) is 4. The Morgan fingerprint density at radius 1 is 0.950 bits per heavy atom. The molecule has 1 nitrogen and oxygen atoms in total. The van der Waals surface area contributed by atoms with Crippen molar-refractivity contribution in [1.82, 2.24) is 0 Å². The van der Waals surface area contributed by atoms with Gasteiger partial charge in [0.25, 0.3) is 0 Å². The van der Waals surface area contributed by atoms with Crippen LogP contribution in [0.15, 0.2) is 18.2 Å². The largest absolute Gasteiger partial charge is 0.324 e. The molecule has 0 aliphatic carbocycles. The maximum absolute atomic E-state index is 6.41. The van der Waals surface area contributed by atoms with E-state index >= 15 is 0 Å². The van der Waals surface area contributed by atoms with E-state index in [1.807, 2.05) is 0 Å². The smallest absolute Gasteiger partial charge is 0.0297 e. The van der Waals surface area contributed by atoms with E-state index in [9.17, 15) is 0 Å². The molecular weight excluding hydrogens is 266 g/mol. The minimum atomic E-state index is 0. The standard InChI is InChI=1S/C18H31N.ClH/c1-4-7-8-9-10-14-18(19)17-13-11-12-15(5-2)16(17)6-3;/h11-13,18H,4-10,14,19H2,1-3H3;1H. The van der Waals surface area contributed by atoms with Gasteiger partial charge < -0.3 is 5.73 Å². The lowest BCUT2D eigenvalue weighted by Gasteiger charge is -2.18. The second-order valence-corrected chi connectivity index (χ2v) is 5.50. The highest BCUT2D eigenvalue weighted by molar-refractivity contribution is 5.85. The molecule has 2 heteroatoms. The van der Waals surface area contributed by atoms with Crippen LogP contribution in [0.1, 0.15) is 82.0 Å². The van der Waals surface area contributed by atoms with Crippen molar-refractivity contribution in [2.45, 2.75) is 78.2 Å². The summed E-state index contributed by atoms with van der Waals surface area (Å²) in [6, 6.07) is 6.87. The molecule has 0 aromatic heterocycles. The normalized spacial score (nSPS) is 12.0. The van der Waals surface area contributed by atoms with E-state index in [2.05, 4.69) is 39.0 Å². The quantitative estimate of drug-likeness (QED) is 0.590. The Morgan fingerprint density at radius 3 is 2.25 bits per heavy atom. The number of hydrogen-bond donors (Lipinski definition) is 1. The van der Waals surface area contributed by atoms with E-state index in [1.54, 1.807) is 0 Å². The first-order valence-corrected chi connectivity index (χ1v) is 8.10. The van der Waals surface area contributed by atoms with Crippen molar-refractivity contribution in [3.8, 4) is 0 Å². The van der Waals surface area contributed by atoms with Crippen LogP contribution in [0, 0.1) is 0 Å². The van der Waals surface area contributed by atoms with Gasteiger partial charge in [-0.25, -0.2) is 0 Å². The highest BCUT2D eigenvalue weighted by atomic mass is 35.5. The molecule has 0 saturated carbocycles. The van der Waals surface area contributed by atoms with Crippen LogP contribution in [-0.4, -0.2) is 0 Å². The van der Waals surface area contributed by atoms with Gasteiger partial charge in [-0.1, -0.05) is 71.1 Å². The second-order valence-electron chi connectivity index (χ2n) is 5.50. The molecule has 0 bridgehead atoms. The van der Waals surface area contributed by atoms with Crippen LogP contribution < -0.4 is 5.73 Å². The fraction of sp³-hybridized carbons (Fsp3) is 0.667. The molecule has 0 aliphatic heterocycles. The average Bonchev–Trinajstić information content (AvgIpc) is 2.45. The molecule has 2 N–H and O–H groups in total. The van der Waals surface area contributed by atoms with E-state index in [-0.39, 0.29) is 18.4 Å². The van der Waals surface area contributed by atoms with Crippen molar-refractivity contribution >= 4 is 12.4 Å². The van der Waals surface area contributed by atoms with E-state index < -0.39 is 0 Å². The van der Waals surface area contributed by atoms with E-state index in [1.165, 1.54) is 48.8 Å². The summed E-state index contributed by atoms with van der Waals surface area (Å²) in [5, 5.41) is 0. The van der Waals surface area contributed by atoms with Gasteiger partial charge in [-0.3, -0.25) is 0 Å². The predicted molar refractivity (Wildman–Crippen MR) is 92.8 cm³/mol. The van der Waals surface area contributed by atoms with Gasteiger partial charge in [-0.05, 0) is 36.0 Å².